The predicted molar refractivity (Wildman–Crippen MR) is 60.4 cm³/mol. The van der Waals surface area contributed by atoms with Gasteiger partial charge in [0.05, 0.1) is 6.54 Å². The van der Waals surface area contributed by atoms with Crippen molar-refractivity contribution in [3.63, 3.8) is 0 Å². The zero-order chi connectivity index (χ0) is 11.5. The molecule has 16 heavy (non-hydrogen) atoms. The van der Waals surface area contributed by atoms with Crippen LogP contribution in [0, 0.1) is 5.92 Å². The second kappa shape index (κ2) is 4.47. The van der Waals surface area contributed by atoms with Crippen LogP contribution in [0.2, 0.25) is 0 Å². The summed E-state index contributed by atoms with van der Waals surface area (Å²) in [6.45, 7) is 2.36. The minimum atomic E-state index is -0.101. The molecular formula is C13H15NO2. The lowest BCUT2D eigenvalue weighted by atomic mass is 10.1. The molecule has 1 aliphatic rings. The van der Waals surface area contributed by atoms with Crippen molar-refractivity contribution in [3.8, 4) is 0 Å². The van der Waals surface area contributed by atoms with Crippen molar-refractivity contribution in [1.29, 1.82) is 0 Å². The molecule has 1 fully saturated rings. The lowest BCUT2D eigenvalue weighted by molar-refractivity contribution is -0.140. The van der Waals surface area contributed by atoms with Gasteiger partial charge in [-0.25, -0.2) is 0 Å². The van der Waals surface area contributed by atoms with Gasteiger partial charge in [0.15, 0.2) is 0 Å². The van der Waals surface area contributed by atoms with Crippen molar-refractivity contribution >= 4 is 11.8 Å². The van der Waals surface area contributed by atoms with Gasteiger partial charge in [0.2, 0.25) is 11.8 Å². The van der Waals surface area contributed by atoms with Crippen LogP contribution in [0.1, 0.15) is 25.3 Å². The highest BCUT2D eigenvalue weighted by Gasteiger charge is 2.36. The van der Waals surface area contributed by atoms with Crippen molar-refractivity contribution in [3.05, 3.63) is 35.9 Å². The van der Waals surface area contributed by atoms with Crippen molar-refractivity contribution in [2.75, 3.05) is 0 Å². The molecule has 1 aromatic carbocycles. The van der Waals surface area contributed by atoms with E-state index in [0.717, 1.165) is 12.0 Å². The number of imide groups is 1. The second-order valence-electron chi connectivity index (χ2n) is 4.11. The molecule has 2 rings (SSSR count). The number of nitrogens with zero attached hydrogens (tertiary/aromatic N) is 1. The summed E-state index contributed by atoms with van der Waals surface area (Å²) in [6.07, 6.45) is 1.12. The highest BCUT2D eigenvalue weighted by molar-refractivity contribution is 6.03. The van der Waals surface area contributed by atoms with E-state index in [4.69, 9.17) is 0 Å². The van der Waals surface area contributed by atoms with E-state index in [1.54, 1.807) is 0 Å². The van der Waals surface area contributed by atoms with Crippen LogP contribution in [0.4, 0.5) is 0 Å². The minimum Gasteiger partial charge on any atom is -0.278 e. The first-order valence-corrected chi connectivity index (χ1v) is 5.60. The Morgan fingerprint density at radius 3 is 2.50 bits per heavy atom. The summed E-state index contributed by atoms with van der Waals surface area (Å²) in [6, 6.07) is 9.61. The van der Waals surface area contributed by atoms with Crippen molar-refractivity contribution in [2.45, 2.75) is 26.3 Å². The van der Waals surface area contributed by atoms with Crippen LogP contribution in [0.15, 0.2) is 30.3 Å². The van der Waals surface area contributed by atoms with Gasteiger partial charge in [0, 0.05) is 12.3 Å². The molecule has 1 atom stereocenters. The Morgan fingerprint density at radius 2 is 1.94 bits per heavy atom. The Morgan fingerprint density at radius 1 is 1.25 bits per heavy atom. The molecule has 0 aliphatic carbocycles. The van der Waals surface area contributed by atoms with Gasteiger partial charge in [0.25, 0.3) is 0 Å². The number of rotatable bonds is 3. The quantitative estimate of drug-likeness (QED) is 0.726. The van der Waals surface area contributed by atoms with E-state index >= 15 is 0 Å². The van der Waals surface area contributed by atoms with Crippen LogP contribution in [0.5, 0.6) is 0 Å². The molecule has 1 saturated heterocycles. The van der Waals surface area contributed by atoms with Crippen LogP contribution >= 0.6 is 0 Å². The average molecular weight is 217 g/mol. The normalized spacial score (nSPS) is 20.6. The highest BCUT2D eigenvalue weighted by atomic mass is 16.2. The minimum absolute atomic E-state index is 0.0173. The maximum Gasteiger partial charge on any atom is 0.233 e. The average Bonchev–Trinajstić information content (AvgIpc) is 2.58. The van der Waals surface area contributed by atoms with E-state index in [1.165, 1.54) is 4.90 Å². The summed E-state index contributed by atoms with van der Waals surface area (Å²) in [5, 5.41) is 0. The summed E-state index contributed by atoms with van der Waals surface area (Å²) < 4.78 is 0. The van der Waals surface area contributed by atoms with Crippen molar-refractivity contribution in [2.24, 2.45) is 5.92 Å². The molecule has 1 aromatic rings. The third-order valence-electron chi connectivity index (χ3n) is 3.01. The first kappa shape index (κ1) is 10.9. The lowest BCUT2D eigenvalue weighted by Gasteiger charge is -2.14. The van der Waals surface area contributed by atoms with Gasteiger partial charge in [0.1, 0.15) is 0 Å². The largest absolute Gasteiger partial charge is 0.278 e. The van der Waals surface area contributed by atoms with Crippen LogP contribution in [0.3, 0.4) is 0 Å². The Hall–Kier alpha value is -1.64. The molecule has 0 N–H and O–H groups in total. The van der Waals surface area contributed by atoms with Gasteiger partial charge in [-0.2, -0.15) is 0 Å². The molecule has 2 amide bonds. The fourth-order valence-electron chi connectivity index (χ4n) is 2.00. The van der Waals surface area contributed by atoms with E-state index in [9.17, 15) is 9.59 Å². The van der Waals surface area contributed by atoms with E-state index < -0.39 is 0 Å². The van der Waals surface area contributed by atoms with Crippen molar-refractivity contribution in [1.82, 2.24) is 4.90 Å². The number of likely N-dealkylation sites (tertiary alicyclic amines) is 1. The number of hydrogen-bond acceptors (Lipinski definition) is 2. The van der Waals surface area contributed by atoms with Crippen molar-refractivity contribution < 1.29 is 9.59 Å². The monoisotopic (exact) mass is 217 g/mol. The lowest BCUT2D eigenvalue weighted by Crippen LogP contribution is -2.29. The first-order valence-electron chi connectivity index (χ1n) is 5.60. The van der Waals surface area contributed by atoms with Gasteiger partial charge in [-0.05, 0) is 12.0 Å². The number of carbonyl (C=O) groups excluding carboxylic acids is 2. The van der Waals surface area contributed by atoms with E-state index in [1.807, 2.05) is 37.3 Å². The van der Waals surface area contributed by atoms with Gasteiger partial charge in [-0.15, -0.1) is 0 Å². The summed E-state index contributed by atoms with van der Waals surface area (Å²) >= 11 is 0. The molecule has 0 aromatic heterocycles. The summed E-state index contributed by atoms with van der Waals surface area (Å²) in [4.78, 5) is 24.9. The van der Waals surface area contributed by atoms with E-state index in [2.05, 4.69) is 0 Å². The maximum atomic E-state index is 11.9. The van der Waals surface area contributed by atoms with Gasteiger partial charge < -0.3 is 0 Å². The third-order valence-corrected chi connectivity index (χ3v) is 3.01. The molecule has 84 valence electrons. The molecule has 0 spiro atoms. The smallest absolute Gasteiger partial charge is 0.233 e. The van der Waals surface area contributed by atoms with Gasteiger partial charge in [-0.1, -0.05) is 37.3 Å². The number of hydrogen-bond donors (Lipinski definition) is 0. The van der Waals surface area contributed by atoms with Crippen LogP contribution in [-0.2, 0) is 16.1 Å². The molecule has 0 saturated carbocycles. The zero-order valence-electron chi connectivity index (χ0n) is 9.35. The summed E-state index contributed by atoms with van der Waals surface area (Å²) in [5.74, 6) is -0.159. The molecule has 0 unspecified atom stereocenters. The number of carbonyl (C=O) groups is 2. The molecule has 1 aliphatic heterocycles. The fraction of sp³-hybridized carbons (Fsp3) is 0.385. The molecule has 1 heterocycles. The zero-order valence-corrected chi connectivity index (χ0v) is 9.35. The highest BCUT2D eigenvalue weighted by Crippen LogP contribution is 2.23. The van der Waals surface area contributed by atoms with E-state index in [-0.39, 0.29) is 17.7 Å². The SMILES string of the molecule is CC[C@H]1CC(=O)N(Cc2ccccc2)C1=O. The van der Waals surface area contributed by atoms with Crippen LogP contribution in [0.25, 0.3) is 0 Å². The Labute approximate surface area is 95.1 Å². The number of benzene rings is 1. The maximum absolute atomic E-state index is 11.9. The Kier molecular flexibility index (Phi) is 3.04. The Balaban J connectivity index is 2.11. The molecule has 3 heteroatoms. The molecular weight excluding hydrogens is 202 g/mol. The van der Waals surface area contributed by atoms with Crippen LogP contribution in [-0.4, -0.2) is 16.7 Å². The van der Waals surface area contributed by atoms with E-state index in [0.29, 0.717) is 13.0 Å². The summed E-state index contributed by atoms with van der Waals surface area (Å²) in [7, 11) is 0. The summed E-state index contributed by atoms with van der Waals surface area (Å²) in [5.41, 5.74) is 1.00. The van der Waals surface area contributed by atoms with Crippen LogP contribution < -0.4 is 0 Å². The second-order valence-corrected chi connectivity index (χ2v) is 4.11. The third kappa shape index (κ3) is 1.98. The standard InChI is InChI=1S/C13H15NO2/c1-2-11-8-12(15)14(13(11)16)9-10-6-4-3-5-7-10/h3-7,11H,2,8-9H2,1H3/t11-/m0/s1. The topological polar surface area (TPSA) is 37.4 Å². The Bertz CT molecular complexity index is 400. The predicted octanol–water partition coefficient (Wildman–Crippen LogP) is 1.97. The molecule has 0 bridgehead atoms. The molecule has 0 radical (unpaired) electrons. The fourth-order valence-corrected chi connectivity index (χ4v) is 2.00. The number of amides is 2. The first-order chi connectivity index (χ1) is 7.72. The van der Waals surface area contributed by atoms with Gasteiger partial charge in [-0.3, -0.25) is 14.5 Å². The van der Waals surface area contributed by atoms with Gasteiger partial charge >= 0.3 is 0 Å². The molecule has 3 nitrogen and oxygen atoms in total.